The zero-order valence-corrected chi connectivity index (χ0v) is 11.8. The van der Waals surface area contributed by atoms with Crippen LogP contribution in [0.5, 0.6) is 0 Å². The maximum absolute atomic E-state index is 6.36. The van der Waals surface area contributed by atoms with E-state index in [1.807, 2.05) is 12.4 Å². The second-order valence-corrected chi connectivity index (χ2v) is 5.87. The molecule has 2 N–H and O–H groups in total. The van der Waals surface area contributed by atoms with Crippen molar-refractivity contribution in [2.75, 3.05) is 0 Å². The van der Waals surface area contributed by atoms with Gasteiger partial charge in [-0.1, -0.05) is 20.3 Å². The fourth-order valence-electron chi connectivity index (χ4n) is 3.34. The average molecular weight is 258 g/mol. The minimum absolute atomic E-state index is 0.00812. The van der Waals surface area contributed by atoms with Crippen molar-refractivity contribution < 1.29 is 0 Å². The van der Waals surface area contributed by atoms with Crippen molar-refractivity contribution in [3.8, 4) is 0 Å². The molecule has 2 heterocycles. The number of pyridine rings is 1. The van der Waals surface area contributed by atoms with Crippen LogP contribution in [0.25, 0.3) is 11.0 Å². The fraction of sp³-hybridized carbons (Fsp3) is 0.600. The lowest BCUT2D eigenvalue weighted by Crippen LogP contribution is -2.40. The molecule has 0 aromatic carbocycles. The number of imidazole rings is 1. The molecule has 1 saturated carbocycles. The van der Waals surface area contributed by atoms with Gasteiger partial charge in [-0.3, -0.25) is 4.98 Å². The molecule has 2 aromatic heterocycles. The van der Waals surface area contributed by atoms with E-state index in [9.17, 15) is 0 Å². The number of aromatic nitrogens is 3. The predicted octanol–water partition coefficient (Wildman–Crippen LogP) is 2.61. The Labute approximate surface area is 114 Å². The molecule has 102 valence electrons. The minimum atomic E-state index is 0.00812. The first-order chi connectivity index (χ1) is 9.16. The molecule has 1 aliphatic carbocycles. The van der Waals surface area contributed by atoms with E-state index >= 15 is 0 Å². The summed E-state index contributed by atoms with van der Waals surface area (Å²) in [7, 11) is 0. The van der Waals surface area contributed by atoms with Gasteiger partial charge in [-0.05, 0) is 25.3 Å². The van der Waals surface area contributed by atoms with E-state index in [0.29, 0.717) is 0 Å². The number of nitrogens with zero attached hydrogens (tertiary/aromatic N) is 3. The molecule has 0 saturated heterocycles. The van der Waals surface area contributed by atoms with Gasteiger partial charge in [0.15, 0.2) is 0 Å². The second-order valence-electron chi connectivity index (χ2n) is 5.87. The highest BCUT2D eigenvalue weighted by Crippen LogP contribution is 2.40. The number of rotatable bonds is 3. The summed E-state index contributed by atoms with van der Waals surface area (Å²) in [6, 6.07) is 2.28. The summed E-state index contributed by atoms with van der Waals surface area (Å²) in [5, 5.41) is 0. The number of fused-ring (bicyclic) bond motifs is 1. The van der Waals surface area contributed by atoms with Crippen LogP contribution >= 0.6 is 0 Å². The highest BCUT2D eigenvalue weighted by molar-refractivity contribution is 5.75. The first kappa shape index (κ1) is 12.6. The zero-order chi connectivity index (χ0) is 13.5. The molecular formula is C15H22N4. The van der Waals surface area contributed by atoms with E-state index in [1.54, 1.807) is 0 Å². The van der Waals surface area contributed by atoms with Crippen LogP contribution in [0.4, 0.5) is 0 Å². The molecule has 1 aliphatic rings. The van der Waals surface area contributed by atoms with Gasteiger partial charge >= 0.3 is 0 Å². The van der Waals surface area contributed by atoms with E-state index in [0.717, 1.165) is 37.1 Å². The molecule has 1 fully saturated rings. The van der Waals surface area contributed by atoms with Gasteiger partial charge in [-0.2, -0.15) is 0 Å². The third-order valence-electron chi connectivity index (χ3n) is 4.54. The van der Waals surface area contributed by atoms with Crippen molar-refractivity contribution in [3.05, 3.63) is 24.3 Å². The molecule has 4 heteroatoms. The summed E-state index contributed by atoms with van der Waals surface area (Å²) in [6.07, 6.45) is 8.24. The molecule has 0 spiro atoms. The maximum atomic E-state index is 6.36. The van der Waals surface area contributed by atoms with Gasteiger partial charge in [-0.15, -0.1) is 0 Å². The number of hydrogen-bond acceptors (Lipinski definition) is 3. The van der Waals surface area contributed by atoms with Gasteiger partial charge in [0.1, 0.15) is 11.3 Å². The zero-order valence-electron chi connectivity index (χ0n) is 11.8. The maximum Gasteiger partial charge on any atom is 0.117 e. The van der Waals surface area contributed by atoms with Crippen molar-refractivity contribution in [2.45, 2.75) is 57.5 Å². The molecule has 2 unspecified atom stereocenters. The van der Waals surface area contributed by atoms with Crippen molar-refractivity contribution >= 4 is 11.0 Å². The lowest BCUT2D eigenvalue weighted by molar-refractivity contribution is 0.386. The van der Waals surface area contributed by atoms with Gasteiger partial charge < -0.3 is 10.3 Å². The number of hydrogen-bond donors (Lipinski definition) is 1. The summed E-state index contributed by atoms with van der Waals surface area (Å²) in [5.41, 5.74) is 8.55. The highest BCUT2D eigenvalue weighted by atomic mass is 15.1. The molecule has 19 heavy (non-hydrogen) atoms. The van der Waals surface area contributed by atoms with Crippen LogP contribution in [-0.2, 0) is 12.0 Å². The predicted molar refractivity (Wildman–Crippen MR) is 77.0 cm³/mol. The number of aryl methyl sites for hydroxylation is 1. The van der Waals surface area contributed by atoms with E-state index in [4.69, 9.17) is 10.7 Å². The summed E-state index contributed by atoms with van der Waals surface area (Å²) in [4.78, 5) is 9.04. The van der Waals surface area contributed by atoms with Crippen LogP contribution in [0.15, 0.2) is 18.5 Å². The SMILES string of the molecule is CCCn1c(C2(C)CCCC2N)nc2cnccc21. The van der Waals surface area contributed by atoms with E-state index < -0.39 is 0 Å². The molecular weight excluding hydrogens is 236 g/mol. The van der Waals surface area contributed by atoms with Gasteiger partial charge in [0.05, 0.1) is 11.7 Å². The van der Waals surface area contributed by atoms with E-state index in [2.05, 4.69) is 29.5 Å². The Hall–Kier alpha value is -1.42. The van der Waals surface area contributed by atoms with Crippen molar-refractivity contribution in [1.82, 2.24) is 14.5 Å². The topological polar surface area (TPSA) is 56.7 Å². The monoisotopic (exact) mass is 258 g/mol. The molecule has 0 aliphatic heterocycles. The summed E-state index contributed by atoms with van der Waals surface area (Å²) in [6.45, 7) is 5.47. The fourth-order valence-corrected chi connectivity index (χ4v) is 3.34. The molecule has 0 bridgehead atoms. The van der Waals surface area contributed by atoms with Crippen LogP contribution in [0.3, 0.4) is 0 Å². The smallest absolute Gasteiger partial charge is 0.117 e. The first-order valence-electron chi connectivity index (χ1n) is 7.23. The summed E-state index contributed by atoms with van der Waals surface area (Å²) < 4.78 is 2.35. The Morgan fingerprint density at radius 2 is 2.37 bits per heavy atom. The Balaban J connectivity index is 2.19. The molecule has 2 atom stereocenters. The normalized spacial score (nSPS) is 27.2. The highest BCUT2D eigenvalue weighted by Gasteiger charge is 2.41. The van der Waals surface area contributed by atoms with Gasteiger partial charge in [0.2, 0.25) is 0 Å². The summed E-state index contributed by atoms with van der Waals surface area (Å²) >= 11 is 0. The first-order valence-corrected chi connectivity index (χ1v) is 7.23. The van der Waals surface area contributed by atoms with Crippen molar-refractivity contribution in [3.63, 3.8) is 0 Å². The van der Waals surface area contributed by atoms with Gasteiger partial charge in [0.25, 0.3) is 0 Å². The van der Waals surface area contributed by atoms with Crippen LogP contribution < -0.4 is 5.73 Å². The molecule has 2 aromatic rings. The van der Waals surface area contributed by atoms with Gasteiger partial charge in [0, 0.05) is 24.2 Å². The van der Waals surface area contributed by atoms with Crippen LogP contribution in [0.1, 0.15) is 45.4 Å². The standard InChI is InChI=1S/C15H22N4/c1-3-9-19-12-6-8-17-10-11(12)18-14(19)15(2)7-4-5-13(15)16/h6,8,10,13H,3-5,7,9,16H2,1-2H3. The lowest BCUT2D eigenvalue weighted by Gasteiger charge is -2.29. The number of nitrogens with two attached hydrogens (primary N) is 1. The quantitative estimate of drug-likeness (QED) is 0.920. The lowest BCUT2D eigenvalue weighted by atomic mass is 9.84. The molecule has 0 amide bonds. The minimum Gasteiger partial charge on any atom is -0.327 e. The van der Waals surface area contributed by atoms with Crippen LogP contribution in [-0.4, -0.2) is 20.6 Å². The Bertz CT molecular complexity index is 589. The summed E-state index contributed by atoms with van der Waals surface area (Å²) in [5.74, 6) is 1.15. The van der Waals surface area contributed by atoms with E-state index in [-0.39, 0.29) is 11.5 Å². The molecule has 0 radical (unpaired) electrons. The second kappa shape index (κ2) is 4.60. The van der Waals surface area contributed by atoms with Crippen molar-refractivity contribution in [1.29, 1.82) is 0 Å². The average Bonchev–Trinajstić information content (AvgIpc) is 2.94. The molecule has 3 rings (SSSR count). The van der Waals surface area contributed by atoms with Crippen LogP contribution in [0.2, 0.25) is 0 Å². The Morgan fingerprint density at radius 3 is 3.05 bits per heavy atom. The third-order valence-corrected chi connectivity index (χ3v) is 4.54. The third kappa shape index (κ3) is 1.86. The van der Waals surface area contributed by atoms with Crippen LogP contribution in [0, 0.1) is 0 Å². The van der Waals surface area contributed by atoms with Gasteiger partial charge in [-0.25, -0.2) is 4.98 Å². The van der Waals surface area contributed by atoms with E-state index in [1.165, 1.54) is 11.9 Å². The Kier molecular flexibility index (Phi) is 3.05. The van der Waals surface area contributed by atoms with Crippen molar-refractivity contribution in [2.24, 2.45) is 5.73 Å². The largest absolute Gasteiger partial charge is 0.327 e. The Morgan fingerprint density at radius 1 is 1.53 bits per heavy atom. The molecule has 4 nitrogen and oxygen atoms in total.